The van der Waals surface area contributed by atoms with E-state index in [1.165, 1.54) is 13.1 Å². The summed E-state index contributed by atoms with van der Waals surface area (Å²) in [6, 6.07) is 4.73. The third-order valence-corrected chi connectivity index (χ3v) is 5.25. The molecule has 1 aromatic carbocycles. The smallest absolute Gasteiger partial charge is 0.224 e. The second kappa shape index (κ2) is 6.78. The van der Waals surface area contributed by atoms with Crippen molar-refractivity contribution in [3.05, 3.63) is 40.3 Å². The molecule has 2 aromatic rings. The Kier molecular flexibility index (Phi) is 5.23. The lowest BCUT2D eigenvalue weighted by molar-refractivity contribution is 0.278. The molecule has 0 atom stereocenters. The Morgan fingerprint density at radius 1 is 1.32 bits per heavy atom. The molecule has 0 radical (unpaired) electrons. The highest BCUT2D eigenvalue weighted by atomic mass is 35.5. The molecule has 6 nitrogen and oxygen atoms in total. The van der Waals surface area contributed by atoms with E-state index in [1.54, 1.807) is 18.2 Å². The number of nitrogens with one attached hydrogen (secondary N) is 1. The van der Waals surface area contributed by atoms with Crippen LogP contribution in [0.2, 0.25) is 10.3 Å². The molecule has 0 fully saturated rings. The molecule has 1 heterocycles. The second-order valence-corrected chi connectivity index (χ2v) is 7.28. The van der Waals surface area contributed by atoms with E-state index < -0.39 is 16.4 Å². The van der Waals surface area contributed by atoms with Crippen LogP contribution in [0.1, 0.15) is 12.5 Å². The van der Waals surface area contributed by atoms with E-state index in [0.29, 0.717) is 5.56 Å². The SMILES string of the molecule is CCS(=O)(=O)c1c(CO)cccc1Nc1nc(Cl)ncc1Cl. The summed E-state index contributed by atoms with van der Waals surface area (Å²) >= 11 is 11.7. The Morgan fingerprint density at radius 3 is 2.68 bits per heavy atom. The first-order chi connectivity index (χ1) is 10.4. The topological polar surface area (TPSA) is 92.2 Å². The van der Waals surface area contributed by atoms with E-state index in [1.807, 2.05) is 0 Å². The first kappa shape index (κ1) is 17.0. The summed E-state index contributed by atoms with van der Waals surface area (Å²) in [6.07, 6.45) is 1.31. The van der Waals surface area contributed by atoms with Crippen molar-refractivity contribution in [3.8, 4) is 0 Å². The lowest BCUT2D eigenvalue weighted by Crippen LogP contribution is -2.11. The molecule has 118 valence electrons. The molecular weight excluding hydrogens is 349 g/mol. The van der Waals surface area contributed by atoms with Crippen LogP contribution in [-0.2, 0) is 16.4 Å². The number of aliphatic hydroxyl groups is 1. The van der Waals surface area contributed by atoms with Crippen LogP contribution in [-0.4, -0.2) is 29.2 Å². The van der Waals surface area contributed by atoms with Crippen LogP contribution in [0.3, 0.4) is 0 Å². The van der Waals surface area contributed by atoms with E-state index in [2.05, 4.69) is 15.3 Å². The molecule has 0 bridgehead atoms. The maximum absolute atomic E-state index is 12.3. The predicted molar refractivity (Wildman–Crippen MR) is 85.4 cm³/mol. The van der Waals surface area contributed by atoms with Crippen LogP contribution in [0.25, 0.3) is 0 Å². The highest BCUT2D eigenvalue weighted by molar-refractivity contribution is 7.91. The van der Waals surface area contributed by atoms with E-state index in [0.717, 1.165) is 0 Å². The number of anilines is 2. The number of aromatic nitrogens is 2. The lowest BCUT2D eigenvalue weighted by atomic mass is 10.2. The van der Waals surface area contributed by atoms with Gasteiger partial charge in [0.15, 0.2) is 15.7 Å². The molecule has 0 saturated heterocycles. The molecule has 0 spiro atoms. The van der Waals surface area contributed by atoms with Gasteiger partial charge in [-0.25, -0.2) is 13.4 Å². The number of halogens is 2. The highest BCUT2D eigenvalue weighted by Crippen LogP contribution is 2.31. The maximum atomic E-state index is 12.3. The summed E-state index contributed by atoms with van der Waals surface area (Å²) in [5.41, 5.74) is 0.563. The Bertz CT molecular complexity index is 797. The number of hydrogen-bond acceptors (Lipinski definition) is 6. The molecule has 0 aliphatic carbocycles. The van der Waals surface area contributed by atoms with Gasteiger partial charge in [-0.15, -0.1) is 0 Å². The fourth-order valence-corrected chi connectivity index (χ4v) is 3.43. The third-order valence-electron chi connectivity index (χ3n) is 2.93. The van der Waals surface area contributed by atoms with Crippen LogP contribution >= 0.6 is 23.2 Å². The summed E-state index contributed by atoms with van der Waals surface area (Å²) in [4.78, 5) is 7.67. The number of nitrogens with zero attached hydrogens (tertiary/aromatic N) is 2. The van der Waals surface area contributed by atoms with Gasteiger partial charge in [-0.05, 0) is 23.2 Å². The largest absolute Gasteiger partial charge is 0.392 e. The van der Waals surface area contributed by atoms with Gasteiger partial charge in [0.25, 0.3) is 0 Å². The molecule has 9 heteroatoms. The molecule has 1 aromatic heterocycles. The standard InChI is InChI=1S/C13H13Cl2N3O3S/c1-2-22(20,21)11-8(7-19)4-3-5-10(11)17-12-9(14)6-16-13(15)18-12/h3-6,19H,2,7H2,1H3,(H,16,17,18). The van der Waals surface area contributed by atoms with Crippen molar-refractivity contribution in [3.63, 3.8) is 0 Å². The molecule has 2 N–H and O–H groups in total. The molecule has 2 rings (SSSR count). The first-order valence-corrected chi connectivity index (χ1v) is 8.70. The van der Waals surface area contributed by atoms with E-state index in [9.17, 15) is 13.5 Å². The van der Waals surface area contributed by atoms with Crippen molar-refractivity contribution >= 4 is 44.5 Å². The monoisotopic (exact) mass is 361 g/mol. The highest BCUT2D eigenvalue weighted by Gasteiger charge is 2.21. The average molecular weight is 362 g/mol. The second-order valence-electron chi connectivity index (χ2n) is 4.32. The average Bonchev–Trinajstić information content (AvgIpc) is 2.50. The Morgan fingerprint density at radius 2 is 2.05 bits per heavy atom. The van der Waals surface area contributed by atoms with Gasteiger partial charge in [0.1, 0.15) is 5.02 Å². The minimum atomic E-state index is -3.56. The van der Waals surface area contributed by atoms with Gasteiger partial charge in [0.05, 0.1) is 29.1 Å². The summed E-state index contributed by atoms with van der Waals surface area (Å²) in [5.74, 6) is 0.0843. The normalized spacial score (nSPS) is 11.5. The number of sulfone groups is 1. The van der Waals surface area contributed by atoms with E-state index >= 15 is 0 Å². The quantitative estimate of drug-likeness (QED) is 0.795. The maximum Gasteiger partial charge on any atom is 0.224 e. The molecule has 0 aliphatic heterocycles. The van der Waals surface area contributed by atoms with Gasteiger partial charge in [0, 0.05) is 0 Å². The van der Waals surface area contributed by atoms with Crippen molar-refractivity contribution in [2.75, 3.05) is 11.1 Å². The summed E-state index contributed by atoms with van der Waals surface area (Å²) in [6.45, 7) is 1.13. The van der Waals surface area contributed by atoms with Crippen molar-refractivity contribution in [1.29, 1.82) is 0 Å². The number of hydrogen-bond donors (Lipinski definition) is 2. The fraction of sp³-hybridized carbons (Fsp3) is 0.231. The van der Waals surface area contributed by atoms with Crippen molar-refractivity contribution in [2.24, 2.45) is 0 Å². The fourth-order valence-electron chi connectivity index (χ4n) is 1.88. The van der Waals surface area contributed by atoms with Crippen LogP contribution < -0.4 is 5.32 Å². The van der Waals surface area contributed by atoms with Gasteiger partial charge in [-0.2, -0.15) is 4.98 Å². The Labute approximate surface area is 138 Å². The zero-order valence-electron chi connectivity index (χ0n) is 11.5. The van der Waals surface area contributed by atoms with E-state index in [-0.39, 0.29) is 32.5 Å². The molecule has 0 saturated carbocycles. The van der Waals surface area contributed by atoms with Crippen LogP contribution in [0.4, 0.5) is 11.5 Å². The van der Waals surface area contributed by atoms with Crippen molar-refractivity contribution in [2.45, 2.75) is 18.4 Å². The Hall–Kier alpha value is -1.41. The lowest BCUT2D eigenvalue weighted by Gasteiger charge is -2.15. The van der Waals surface area contributed by atoms with E-state index in [4.69, 9.17) is 23.2 Å². The van der Waals surface area contributed by atoms with Crippen LogP contribution in [0.5, 0.6) is 0 Å². The number of rotatable bonds is 5. The minimum absolute atomic E-state index is 0.0193. The van der Waals surface area contributed by atoms with Gasteiger partial charge >= 0.3 is 0 Å². The predicted octanol–water partition coefficient (Wildman–Crippen LogP) is 2.81. The van der Waals surface area contributed by atoms with Gasteiger partial charge in [-0.1, -0.05) is 30.7 Å². The summed E-state index contributed by atoms with van der Waals surface area (Å²) in [7, 11) is -3.56. The third kappa shape index (κ3) is 3.49. The first-order valence-electron chi connectivity index (χ1n) is 6.29. The number of aliphatic hydroxyl groups excluding tert-OH is 1. The van der Waals surface area contributed by atoms with Gasteiger partial charge in [0.2, 0.25) is 5.28 Å². The molecule has 0 aliphatic rings. The zero-order chi connectivity index (χ0) is 16.3. The molecule has 22 heavy (non-hydrogen) atoms. The van der Waals surface area contributed by atoms with Crippen LogP contribution in [0, 0.1) is 0 Å². The van der Waals surface area contributed by atoms with Gasteiger partial charge < -0.3 is 10.4 Å². The minimum Gasteiger partial charge on any atom is -0.392 e. The summed E-state index contributed by atoms with van der Waals surface area (Å²) < 4.78 is 24.6. The molecule has 0 unspecified atom stereocenters. The van der Waals surface area contributed by atoms with Crippen LogP contribution in [0.15, 0.2) is 29.3 Å². The zero-order valence-corrected chi connectivity index (χ0v) is 13.9. The van der Waals surface area contributed by atoms with Crippen molar-refractivity contribution in [1.82, 2.24) is 9.97 Å². The van der Waals surface area contributed by atoms with Crippen molar-refractivity contribution < 1.29 is 13.5 Å². The van der Waals surface area contributed by atoms with Gasteiger partial charge in [-0.3, -0.25) is 0 Å². The Balaban J connectivity index is 2.59. The molecular formula is C13H13Cl2N3O3S. The number of benzene rings is 1. The molecule has 0 amide bonds. The summed E-state index contributed by atoms with van der Waals surface area (Å²) in [5, 5.41) is 12.4.